The van der Waals surface area contributed by atoms with Crippen molar-refractivity contribution in [2.75, 3.05) is 30.3 Å². The van der Waals surface area contributed by atoms with Crippen LogP contribution in [-0.2, 0) is 4.74 Å². The maximum absolute atomic E-state index is 13.7. The lowest BCUT2D eigenvalue weighted by molar-refractivity contribution is -0.385. The summed E-state index contributed by atoms with van der Waals surface area (Å²) in [6.07, 6.45) is 2.39. The van der Waals surface area contributed by atoms with E-state index < -0.39 is 22.5 Å². The van der Waals surface area contributed by atoms with Gasteiger partial charge in [0, 0.05) is 30.9 Å². The summed E-state index contributed by atoms with van der Waals surface area (Å²) in [6, 6.07) is 5.98. The molecule has 3 aromatic rings. The number of nitro groups is 1. The Balaban J connectivity index is 1.72. The van der Waals surface area contributed by atoms with E-state index in [0.29, 0.717) is 18.9 Å². The molecule has 0 atom stereocenters. The minimum absolute atomic E-state index is 0.0108. The lowest BCUT2D eigenvalue weighted by Crippen LogP contribution is -2.17. The first-order valence-electron chi connectivity index (χ1n) is 9.46. The predicted molar refractivity (Wildman–Crippen MR) is 111 cm³/mol. The average Bonchev–Trinajstić information content (AvgIpc) is 2.79. The first-order chi connectivity index (χ1) is 15.4. The van der Waals surface area contributed by atoms with Gasteiger partial charge in [-0.15, -0.1) is 0 Å². The predicted octanol–water partition coefficient (Wildman–Crippen LogP) is 3.43. The number of ether oxygens (including phenoxy) is 1. The monoisotopic (exact) mass is 444 g/mol. The number of pyridine rings is 1. The Morgan fingerprint density at radius 1 is 1.09 bits per heavy atom. The van der Waals surface area contributed by atoms with Crippen LogP contribution in [0.5, 0.6) is 0 Å². The second kappa shape index (κ2) is 10.2. The summed E-state index contributed by atoms with van der Waals surface area (Å²) in [5.41, 5.74) is 0.167. The quantitative estimate of drug-likeness (QED) is 0.220. The number of halogens is 2. The van der Waals surface area contributed by atoms with Crippen LogP contribution in [0.4, 0.5) is 26.2 Å². The van der Waals surface area contributed by atoms with Gasteiger partial charge in [0.1, 0.15) is 17.6 Å². The maximum Gasteiger partial charge on any atom is 0.341 e. The molecule has 0 fully saturated rings. The van der Waals surface area contributed by atoms with Crippen LogP contribution < -0.4 is 10.6 Å². The van der Waals surface area contributed by atoms with Gasteiger partial charge in [-0.2, -0.15) is 0 Å². The van der Waals surface area contributed by atoms with Crippen molar-refractivity contribution >= 4 is 23.4 Å². The van der Waals surface area contributed by atoms with Gasteiger partial charge in [-0.05, 0) is 31.2 Å². The number of esters is 1. The number of anilines is 2. The fraction of sp³-hybridized carbons (Fsp3) is 0.200. The zero-order valence-corrected chi connectivity index (χ0v) is 16.8. The van der Waals surface area contributed by atoms with Crippen LogP contribution in [0.15, 0.2) is 42.7 Å². The number of carbonyl (C=O) groups excluding carboxylic acids is 1. The molecule has 0 radical (unpaired) electrons. The Hall–Kier alpha value is -4.22. The van der Waals surface area contributed by atoms with Gasteiger partial charge in [-0.1, -0.05) is 0 Å². The van der Waals surface area contributed by atoms with E-state index in [9.17, 15) is 23.7 Å². The van der Waals surface area contributed by atoms with Crippen LogP contribution in [0.25, 0.3) is 11.3 Å². The molecule has 32 heavy (non-hydrogen) atoms. The first-order valence-corrected chi connectivity index (χ1v) is 9.46. The largest absolute Gasteiger partial charge is 0.462 e. The third kappa shape index (κ3) is 5.47. The second-order valence-electron chi connectivity index (χ2n) is 6.32. The third-order valence-electron chi connectivity index (χ3n) is 4.15. The molecule has 12 heteroatoms. The summed E-state index contributed by atoms with van der Waals surface area (Å²) in [7, 11) is 0. The lowest BCUT2D eigenvalue weighted by Gasteiger charge is -2.12. The van der Waals surface area contributed by atoms with Crippen molar-refractivity contribution < 1.29 is 23.2 Å². The number of benzene rings is 1. The number of nitrogens with zero attached hydrogens (tertiary/aromatic N) is 4. The van der Waals surface area contributed by atoms with Crippen molar-refractivity contribution in [3.05, 3.63) is 70.0 Å². The van der Waals surface area contributed by atoms with Gasteiger partial charge < -0.3 is 15.4 Å². The van der Waals surface area contributed by atoms with Crippen LogP contribution in [0, 0.1) is 21.7 Å². The van der Waals surface area contributed by atoms with E-state index in [-0.39, 0.29) is 35.1 Å². The number of hydrogen-bond donors (Lipinski definition) is 2. The fourth-order valence-corrected chi connectivity index (χ4v) is 2.65. The Morgan fingerprint density at radius 2 is 1.88 bits per heavy atom. The van der Waals surface area contributed by atoms with Crippen molar-refractivity contribution in [2.45, 2.75) is 6.92 Å². The van der Waals surface area contributed by atoms with Crippen LogP contribution in [0.1, 0.15) is 17.3 Å². The van der Waals surface area contributed by atoms with E-state index in [0.717, 1.165) is 18.3 Å². The third-order valence-corrected chi connectivity index (χ3v) is 4.15. The summed E-state index contributed by atoms with van der Waals surface area (Å²) in [5.74, 6) is -2.20. The molecule has 2 aromatic heterocycles. The highest BCUT2D eigenvalue weighted by Crippen LogP contribution is 2.25. The first kappa shape index (κ1) is 22.5. The van der Waals surface area contributed by atoms with Crippen LogP contribution in [-0.4, -0.2) is 45.5 Å². The Labute approximate surface area is 180 Å². The van der Waals surface area contributed by atoms with E-state index in [1.807, 2.05) is 0 Å². The van der Waals surface area contributed by atoms with Gasteiger partial charge in [0.15, 0.2) is 11.6 Å². The van der Waals surface area contributed by atoms with Crippen LogP contribution >= 0.6 is 0 Å². The average molecular weight is 444 g/mol. The van der Waals surface area contributed by atoms with Gasteiger partial charge in [-0.3, -0.25) is 10.1 Å². The summed E-state index contributed by atoms with van der Waals surface area (Å²) in [5, 5.41) is 16.6. The summed E-state index contributed by atoms with van der Waals surface area (Å²) in [6.45, 7) is 2.46. The van der Waals surface area contributed by atoms with Gasteiger partial charge >= 0.3 is 5.97 Å². The van der Waals surface area contributed by atoms with Crippen molar-refractivity contribution in [3.63, 3.8) is 0 Å². The number of nitrogens with one attached hydrogen (secondary N) is 2. The van der Waals surface area contributed by atoms with Crippen molar-refractivity contribution in [1.29, 1.82) is 0 Å². The molecule has 0 aliphatic heterocycles. The molecule has 10 nitrogen and oxygen atoms in total. The van der Waals surface area contributed by atoms with E-state index in [4.69, 9.17) is 4.74 Å². The highest BCUT2D eigenvalue weighted by atomic mass is 19.2. The van der Waals surface area contributed by atoms with Crippen LogP contribution in [0.3, 0.4) is 0 Å². The lowest BCUT2D eigenvalue weighted by atomic mass is 10.1. The highest BCUT2D eigenvalue weighted by Gasteiger charge is 2.18. The zero-order chi connectivity index (χ0) is 23.1. The number of rotatable bonds is 9. The number of aromatic nitrogens is 3. The molecule has 0 unspecified atom stereocenters. The van der Waals surface area contributed by atoms with Gasteiger partial charge in [0.05, 0.1) is 17.2 Å². The minimum Gasteiger partial charge on any atom is -0.462 e. The fourth-order valence-electron chi connectivity index (χ4n) is 2.65. The topological polar surface area (TPSA) is 132 Å². The minimum atomic E-state index is -1.08. The number of carbonyl (C=O) groups is 1. The molecule has 0 amide bonds. The Morgan fingerprint density at radius 3 is 2.53 bits per heavy atom. The molecule has 0 spiro atoms. The maximum atomic E-state index is 13.7. The van der Waals surface area contributed by atoms with Gasteiger partial charge in [-0.25, -0.2) is 28.5 Å². The summed E-state index contributed by atoms with van der Waals surface area (Å²) < 4.78 is 32.0. The normalized spacial score (nSPS) is 10.5. The second-order valence-corrected chi connectivity index (χ2v) is 6.32. The molecule has 0 bridgehead atoms. The molecule has 0 aliphatic carbocycles. The molecule has 1 aromatic carbocycles. The van der Waals surface area contributed by atoms with E-state index in [2.05, 4.69) is 25.6 Å². The summed E-state index contributed by atoms with van der Waals surface area (Å²) >= 11 is 0. The standard InChI is InChI=1S/C20H18F2N6O4/c1-2-32-19(29)14-11-26-20(27-18(14)12-3-5-15(21)16(22)9-12)24-8-7-23-17-6-4-13(10-25-17)28(30)31/h3-6,9-11H,2,7-8H2,1H3,(H,23,25)(H,24,26,27). The molecule has 166 valence electrons. The summed E-state index contributed by atoms with van der Waals surface area (Å²) in [4.78, 5) is 34.6. The number of hydrogen-bond acceptors (Lipinski definition) is 9. The molecular formula is C20H18F2N6O4. The van der Waals surface area contributed by atoms with Crippen molar-refractivity contribution in [3.8, 4) is 11.3 Å². The van der Waals surface area contributed by atoms with Crippen molar-refractivity contribution in [2.24, 2.45) is 0 Å². The Bertz CT molecular complexity index is 1130. The molecule has 0 saturated carbocycles. The SMILES string of the molecule is CCOC(=O)c1cnc(NCCNc2ccc([N+](=O)[O-])cn2)nc1-c1ccc(F)c(F)c1. The molecule has 3 rings (SSSR count). The molecular weight excluding hydrogens is 426 g/mol. The van der Waals surface area contributed by atoms with Crippen molar-refractivity contribution in [1.82, 2.24) is 15.0 Å². The van der Waals surface area contributed by atoms with E-state index >= 15 is 0 Å². The van der Waals surface area contributed by atoms with Gasteiger partial charge in [0.25, 0.3) is 5.69 Å². The smallest absolute Gasteiger partial charge is 0.341 e. The van der Waals surface area contributed by atoms with E-state index in [1.54, 1.807) is 6.92 Å². The molecule has 0 aliphatic rings. The Kier molecular flexibility index (Phi) is 7.16. The van der Waals surface area contributed by atoms with Crippen LogP contribution in [0.2, 0.25) is 0 Å². The zero-order valence-electron chi connectivity index (χ0n) is 16.8. The highest BCUT2D eigenvalue weighted by molar-refractivity contribution is 5.96. The molecule has 2 heterocycles. The van der Waals surface area contributed by atoms with Gasteiger partial charge in [0.2, 0.25) is 5.95 Å². The molecule has 2 N–H and O–H groups in total. The van der Waals surface area contributed by atoms with E-state index in [1.165, 1.54) is 24.4 Å². The molecule has 0 saturated heterocycles.